The number of rotatable bonds is 1. The lowest BCUT2D eigenvalue weighted by molar-refractivity contribution is -0.244. The van der Waals surface area contributed by atoms with Gasteiger partial charge >= 0.3 is 12.4 Å². The number of hydrogen-bond donors (Lipinski definition) is 1. The van der Waals surface area contributed by atoms with Crippen LogP contribution in [-0.2, 0) is 4.79 Å². The van der Waals surface area contributed by atoms with Crippen LogP contribution in [0, 0.1) is 11.3 Å². The fourth-order valence-electron chi connectivity index (χ4n) is 2.65. The van der Waals surface area contributed by atoms with Crippen LogP contribution in [0.1, 0.15) is 0 Å². The Kier molecular flexibility index (Phi) is 3.90. The highest BCUT2D eigenvalue weighted by atomic mass is 32.2. The van der Waals surface area contributed by atoms with Crippen molar-refractivity contribution in [2.75, 3.05) is 4.90 Å². The predicted octanol–water partition coefficient (Wildman–Crippen LogP) is 3.66. The number of fused-ring (bicyclic) bond motifs is 3. The van der Waals surface area contributed by atoms with E-state index in [4.69, 9.17) is 5.26 Å². The van der Waals surface area contributed by atoms with Gasteiger partial charge in [0.05, 0.1) is 16.8 Å². The van der Waals surface area contributed by atoms with Crippen LogP contribution in [0.25, 0.3) is 0 Å². The molecule has 1 N–H and O–H groups in total. The van der Waals surface area contributed by atoms with Gasteiger partial charge in [0.1, 0.15) is 11.1 Å². The fourth-order valence-corrected chi connectivity index (χ4v) is 3.80. The first-order chi connectivity index (χ1) is 11.9. The smallest absolute Gasteiger partial charge is 0.359 e. The summed E-state index contributed by atoms with van der Waals surface area (Å²) in [6, 6.07) is 6.78. The van der Waals surface area contributed by atoms with Crippen molar-refractivity contribution in [2.24, 2.45) is 0 Å². The van der Waals surface area contributed by atoms with Crippen molar-refractivity contribution in [1.29, 1.82) is 5.26 Å². The molecule has 0 amide bonds. The molecule has 0 bridgehead atoms. The van der Waals surface area contributed by atoms with E-state index in [-0.39, 0.29) is 21.6 Å². The summed E-state index contributed by atoms with van der Waals surface area (Å²) in [6.45, 7) is 0. The van der Waals surface area contributed by atoms with Crippen molar-refractivity contribution in [2.45, 2.75) is 23.0 Å². The van der Waals surface area contributed by atoms with Crippen LogP contribution in [0.15, 0.2) is 51.4 Å². The number of para-hydroxylation sites is 1. The zero-order chi connectivity index (χ0) is 19.5. The summed E-state index contributed by atoms with van der Waals surface area (Å²) in [5, 5.41) is 19.1. The van der Waals surface area contributed by atoms with Gasteiger partial charge in [-0.1, -0.05) is 23.9 Å². The van der Waals surface area contributed by atoms with Crippen LogP contribution in [-0.4, -0.2) is 29.0 Å². The molecule has 11 heteroatoms. The van der Waals surface area contributed by atoms with Gasteiger partial charge in [-0.25, -0.2) is 0 Å². The summed E-state index contributed by atoms with van der Waals surface area (Å²) in [5.74, 6) is -2.88. The number of thioether (sulfide) groups is 1. The van der Waals surface area contributed by atoms with Crippen LogP contribution in [0.2, 0.25) is 0 Å². The molecule has 2 heterocycles. The van der Waals surface area contributed by atoms with Crippen LogP contribution in [0.5, 0.6) is 0 Å². The van der Waals surface area contributed by atoms with Crippen molar-refractivity contribution in [3.8, 4) is 6.07 Å². The quantitative estimate of drug-likeness (QED) is 0.740. The van der Waals surface area contributed by atoms with Gasteiger partial charge < -0.3 is 5.11 Å². The third kappa shape index (κ3) is 2.40. The Bertz CT molecular complexity index is 912. The molecule has 2 aliphatic rings. The first-order valence-electron chi connectivity index (χ1n) is 6.77. The Balaban J connectivity index is 2.35. The Morgan fingerprint density at radius 2 is 1.81 bits per heavy atom. The van der Waals surface area contributed by atoms with Gasteiger partial charge in [0.25, 0.3) is 11.5 Å². The zero-order valence-corrected chi connectivity index (χ0v) is 13.1. The molecule has 3 rings (SSSR count). The normalized spacial score (nSPS) is 22.5. The van der Waals surface area contributed by atoms with Crippen molar-refractivity contribution in [3.63, 3.8) is 0 Å². The van der Waals surface area contributed by atoms with Crippen molar-refractivity contribution in [1.82, 2.24) is 0 Å². The van der Waals surface area contributed by atoms with Gasteiger partial charge in [-0.3, -0.25) is 9.69 Å². The van der Waals surface area contributed by atoms with Gasteiger partial charge in [-0.15, -0.1) is 0 Å². The molecule has 0 spiro atoms. The van der Waals surface area contributed by atoms with Crippen LogP contribution in [0.4, 0.5) is 32.0 Å². The van der Waals surface area contributed by atoms with E-state index < -0.39 is 40.0 Å². The molecule has 0 saturated heterocycles. The number of nitriles is 1. The summed E-state index contributed by atoms with van der Waals surface area (Å²) < 4.78 is 79.7. The third-order valence-corrected chi connectivity index (χ3v) is 4.91. The first kappa shape index (κ1) is 18.3. The average molecular weight is 392 g/mol. The lowest BCUT2D eigenvalue weighted by Gasteiger charge is -2.43. The number of benzene rings is 1. The number of carbonyl (C=O) groups excluding carboxylic acids is 1. The van der Waals surface area contributed by atoms with Gasteiger partial charge in [0, 0.05) is 4.90 Å². The van der Waals surface area contributed by atoms with Crippen LogP contribution >= 0.6 is 11.8 Å². The Labute approximate surface area is 146 Å². The monoisotopic (exact) mass is 392 g/mol. The fraction of sp³-hybridized carbons (Fsp3) is 0.200. The number of halogens is 6. The van der Waals surface area contributed by atoms with E-state index in [0.717, 1.165) is 6.07 Å². The molecule has 0 unspecified atom stereocenters. The number of anilines is 1. The Morgan fingerprint density at radius 3 is 2.35 bits per heavy atom. The van der Waals surface area contributed by atoms with Crippen LogP contribution in [0.3, 0.4) is 0 Å². The number of aliphatic hydroxyl groups is 1. The Hall–Kier alpha value is -2.45. The number of nitrogens with zero attached hydrogens (tertiary/aromatic N) is 2. The summed E-state index contributed by atoms with van der Waals surface area (Å²) in [5.41, 5.74) is -7.10. The zero-order valence-electron chi connectivity index (χ0n) is 12.3. The summed E-state index contributed by atoms with van der Waals surface area (Å²) in [6.07, 6.45) is -11.2. The van der Waals surface area contributed by atoms with E-state index in [9.17, 15) is 36.2 Å². The Morgan fingerprint density at radius 1 is 1.19 bits per heavy atom. The average Bonchev–Trinajstić information content (AvgIpc) is 2.93. The maximum atomic E-state index is 13.7. The minimum atomic E-state index is -5.67. The molecule has 1 atom stereocenters. The minimum Gasteiger partial charge on any atom is -0.359 e. The van der Waals surface area contributed by atoms with E-state index >= 15 is 0 Å². The molecule has 136 valence electrons. The molecule has 0 radical (unpaired) electrons. The molecular formula is C15H6F6N2O2S. The molecule has 0 fully saturated rings. The van der Waals surface area contributed by atoms with Crippen molar-refractivity contribution < 1.29 is 36.2 Å². The number of alkyl halides is 6. The SMILES string of the molecule is N#CC1=C2Sc3ccccc3N2[C@@](O)(C(F)(F)F)C(C(=O)C(F)(F)F)=C1. The molecule has 0 saturated carbocycles. The summed E-state index contributed by atoms with van der Waals surface area (Å²) in [7, 11) is 0. The highest BCUT2D eigenvalue weighted by Gasteiger charge is 2.68. The van der Waals surface area contributed by atoms with Gasteiger partial charge in [-0.05, 0) is 18.2 Å². The number of carbonyl (C=O) groups is 1. The highest BCUT2D eigenvalue weighted by molar-refractivity contribution is 8.03. The number of Topliss-reactive ketones (excluding diaryl/α,β-unsaturated/α-hetero) is 1. The molecule has 2 aliphatic heterocycles. The molecule has 1 aromatic carbocycles. The second-order valence-electron chi connectivity index (χ2n) is 5.29. The molecule has 26 heavy (non-hydrogen) atoms. The molecule has 0 aromatic heterocycles. The standard InChI is InChI=1S/C15H6F6N2O2S/c16-14(17,18)11(24)8-5-7(6-22)12-23(13(8,25)15(19,20)21)9-3-1-2-4-10(9)26-12/h1-5,25H/t13-/m0/s1. The van der Waals surface area contributed by atoms with E-state index in [0.29, 0.717) is 11.8 Å². The molecule has 0 aliphatic carbocycles. The van der Waals surface area contributed by atoms with Gasteiger partial charge in [0.15, 0.2) is 0 Å². The lowest BCUT2D eigenvalue weighted by atomic mass is 9.90. The van der Waals surface area contributed by atoms with E-state index in [1.165, 1.54) is 24.3 Å². The van der Waals surface area contributed by atoms with E-state index in [1.54, 1.807) is 0 Å². The van der Waals surface area contributed by atoms with Crippen molar-refractivity contribution >= 4 is 23.2 Å². The maximum absolute atomic E-state index is 13.7. The molecular weight excluding hydrogens is 386 g/mol. The molecule has 1 aromatic rings. The topological polar surface area (TPSA) is 64.3 Å². The summed E-state index contributed by atoms with van der Waals surface area (Å²) >= 11 is 0.678. The second-order valence-corrected chi connectivity index (χ2v) is 6.32. The first-order valence-corrected chi connectivity index (χ1v) is 7.59. The number of allylic oxidation sites excluding steroid dienone is 2. The van der Waals surface area contributed by atoms with Crippen LogP contribution < -0.4 is 4.90 Å². The van der Waals surface area contributed by atoms with Gasteiger partial charge in [0.2, 0.25) is 0 Å². The number of hydrogen-bond acceptors (Lipinski definition) is 5. The predicted molar refractivity (Wildman–Crippen MR) is 77.6 cm³/mol. The minimum absolute atomic E-state index is 0.147. The highest BCUT2D eigenvalue weighted by Crippen LogP contribution is 2.57. The third-order valence-electron chi connectivity index (χ3n) is 3.75. The lowest BCUT2D eigenvalue weighted by Crippen LogP contribution is -2.62. The summed E-state index contributed by atoms with van der Waals surface area (Å²) in [4.78, 5) is 12.0. The van der Waals surface area contributed by atoms with Gasteiger partial charge in [-0.2, -0.15) is 31.6 Å². The number of ketones is 1. The maximum Gasteiger partial charge on any atom is 0.454 e. The van der Waals surface area contributed by atoms with Crippen molar-refractivity contribution in [3.05, 3.63) is 46.5 Å². The largest absolute Gasteiger partial charge is 0.454 e. The van der Waals surface area contributed by atoms with E-state index in [1.807, 2.05) is 0 Å². The molecule has 4 nitrogen and oxygen atoms in total. The second kappa shape index (κ2) is 5.52. The van der Waals surface area contributed by atoms with E-state index in [2.05, 4.69) is 0 Å².